The SMILES string of the molecule is CC(C)(N)CNS(=O)(=O)c1cc(C(F)(F)F)ccc1Br.Cl. The summed E-state index contributed by atoms with van der Waals surface area (Å²) in [5.41, 5.74) is 3.79. The van der Waals surface area contributed by atoms with Gasteiger partial charge in [0.25, 0.3) is 0 Å². The summed E-state index contributed by atoms with van der Waals surface area (Å²) in [5.74, 6) is 0. The van der Waals surface area contributed by atoms with Gasteiger partial charge in [0.2, 0.25) is 10.0 Å². The summed E-state index contributed by atoms with van der Waals surface area (Å²) in [5, 5.41) is 0. The molecule has 122 valence electrons. The van der Waals surface area contributed by atoms with Crippen molar-refractivity contribution in [2.75, 3.05) is 6.54 Å². The monoisotopic (exact) mass is 410 g/mol. The van der Waals surface area contributed by atoms with Gasteiger partial charge in [-0.05, 0) is 48.0 Å². The van der Waals surface area contributed by atoms with Gasteiger partial charge < -0.3 is 5.73 Å². The highest BCUT2D eigenvalue weighted by Crippen LogP contribution is 2.33. The molecule has 1 aromatic rings. The van der Waals surface area contributed by atoms with E-state index in [1.54, 1.807) is 13.8 Å². The van der Waals surface area contributed by atoms with Gasteiger partial charge in [-0.2, -0.15) is 13.2 Å². The molecule has 0 spiro atoms. The Morgan fingerprint density at radius 1 is 1.29 bits per heavy atom. The van der Waals surface area contributed by atoms with Gasteiger partial charge in [0, 0.05) is 16.6 Å². The third kappa shape index (κ3) is 6.11. The Labute approximate surface area is 135 Å². The van der Waals surface area contributed by atoms with Gasteiger partial charge >= 0.3 is 6.18 Å². The quantitative estimate of drug-likeness (QED) is 0.800. The molecule has 4 nitrogen and oxygen atoms in total. The zero-order valence-corrected chi connectivity index (χ0v) is 14.4. The Kier molecular flexibility index (Phi) is 6.71. The van der Waals surface area contributed by atoms with E-state index in [1.165, 1.54) is 0 Å². The Morgan fingerprint density at radius 2 is 1.81 bits per heavy atom. The molecule has 3 N–H and O–H groups in total. The number of alkyl halides is 3. The maximum atomic E-state index is 12.6. The van der Waals surface area contributed by atoms with Crippen LogP contribution < -0.4 is 10.5 Å². The molecule has 1 rings (SSSR count). The molecule has 0 amide bonds. The van der Waals surface area contributed by atoms with Crippen LogP contribution in [-0.4, -0.2) is 20.5 Å². The minimum Gasteiger partial charge on any atom is -0.324 e. The lowest BCUT2D eigenvalue weighted by Gasteiger charge is -2.19. The molecule has 0 unspecified atom stereocenters. The lowest BCUT2D eigenvalue weighted by atomic mass is 10.1. The first kappa shape index (κ1) is 20.6. The first-order chi connectivity index (χ1) is 8.83. The van der Waals surface area contributed by atoms with Gasteiger partial charge in [-0.1, -0.05) is 0 Å². The fraction of sp³-hybridized carbons (Fsp3) is 0.455. The first-order valence-corrected chi connectivity index (χ1v) is 7.76. The van der Waals surface area contributed by atoms with Crippen LogP contribution in [0.5, 0.6) is 0 Å². The second-order valence-electron chi connectivity index (χ2n) is 4.96. The number of rotatable bonds is 4. The van der Waals surface area contributed by atoms with Crippen molar-refractivity contribution < 1.29 is 21.6 Å². The maximum Gasteiger partial charge on any atom is 0.416 e. The van der Waals surface area contributed by atoms with E-state index in [2.05, 4.69) is 20.7 Å². The van der Waals surface area contributed by atoms with E-state index in [0.717, 1.165) is 12.1 Å². The van der Waals surface area contributed by atoms with Gasteiger partial charge in [0.15, 0.2) is 0 Å². The van der Waals surface area contributed by atoms with Crippen LogP contribution in [0.25, 0.3) is 0 Å². The van der Waals surface area contributed by atoms with E-state index in [4.69, 9.17) is 5.73 Å². The molecule has 0 atom stereocenters. The summed E-state index contributed by atoms with van der Waals surface area (Å²) in [6.07, 6.45) is -4.61. The van der Waals surface area contributed by atoms with Crippen LogP contribution >= 0.6 is 28.3 Å². The second-order valence-corrected chi connectivity index (χ2v) is 7.55. The highest BCUT2D eigenvalue weighted by molar-refractivity contribution is 9.10. The minimum atomic E-state index is -4.61. The summed E-state index contributed by atoms with van der Waals surface area (Å²) in [6.45, 7) is 3.09. The molecule has 0 aromatic heterocycles. The number of benzene rings is 1. The molecule has 0 saturated carbocycles. The van der Waals surface area contributed by atoms with E-state index in [9.17, 15) is 21.6 Å². The van der Waals surface area contributed by atoms with Gasteiger partial charge in [0.1, 0.15) is 0 Å². The summed E-state index contributed by atoms with van der Waals surface area (Å²) in [7, 11) is -4.08. The van der Waals surface area contributed by atoms with Crippen LogP contribution in [0.1, 0.15) is 19.4 Å². The van der Waals surface area contributed by atoms with Crippen molar-refractivity contribution in [3.05, 3.63) is 28.2 Å². The Bertz CT molecular complexity index is 600. The number of halogens is 5. The average molecular weight is 412 g/mol. The first-order valence-electron chi connectivity index (χ1n) is 5.48. The molecule has 21 heavy (non-hydrogen) atoms. The van der Waals surface area contributed by atoms with Gasteiger partial charge in [0.05, 0.1) is 10.5 Å². The maximum absolute atomic E-state index is 12.6. The lowest BCUT2D eigenvalue weighted by Crippen LogP contribution is -2.45. The topological polar surface area (TPSA) is 72.2 Å². The second kappa shape index (κ2) is 6.82. The number of sulfonamides is 1. The predicted molar refractivity (Wildman–Crippen MR) is 79.8 cm³/mol. The standard InChI is InChI=1S/C11H14BrF3N2O2S.ClH/c1-10(2,16)6-17-20(18,19)9-5-7(11(13,14)15)3-4-8(9)12;/h3-5,17H,6,16H2,1-2H3;1H. The Morgan fingerprint density at radius 3 is 2.24 bits per heavy atom. The van der Waals surface area contributed by atoms with E-state index in [0.29, 0.717) is 6.07 Å². The van der Waals surface area contributed by atoms with Crippen molar-refractivity contribution >= 4 is 38.4 Å². The third-order valence-corrected chi connectivity index (χ3v) is 4.66. The van der Waals surface area contributed by atoms with Gasteiger partial charge in [-0.3, -0.25) is 0 Å². The van der Waals surface area contributed by atoms with Crippen molar-refractivity contribution in [3.63, 3.8) is 0 Å². The van der Waals surface area contributed by atoms with Crippen LogP contribution in [0, 0.1) is 0 Å². The normalized spacial score (nSPS) is 12.9. The van der Waals surface area contributed by atoms with Crippen molar-refractivity contribution in [1.29, 1.82) is 0 Å². The molecular formula is C11H15BrClF3N2O2S. The summed E-state index contributed by atoms with van der Waals surface area (Å²) in [4.78, 5) is -0.475. The summed E-state index contributed by atoms with van der Waals surface area (Å²) in [6, 6.07) is 2.43. The smallest absolute Gasteiger partial charge is 0.324 e. The number of nitrogens with one attached hydrogen (secondary N) is 1. The van der Waals surface area contributed by atoms with Crippen LogP contribution in [-0.2, 0) is 16.2 Å². The van der Waals surface area contributed by atoms with Crippen LogP contribution in [0.3, 0.4) is 0 Å². The highest BCUT2D eigenvalue weighted by atomic mass is 79.9. The van der Waals surface area contributed by atoms with E-state index in [1.807, 2.05) is 0 Å². The third-order valence-electron chi connectivity index (χ3n) is 2.27. The number of nitrogens with two attached hydrogens (primary N) is 1. The molecule has 0 saturated heterocycles. The molecule has 0 aliphatic rings. The van der Waals surface area contributed by atoms with Crippen molar-refractivity contribution in [1.82, 2.24) is 4.72 Å². The summed E-state index contributed by atoms with van der Waals surface area (Å²) >= 11 is 2.94. The molecule has 1 aromatic carbocycles. The molecule has 0 aliphatic heterocycles. The van der Waals surface area contributed by atoms with Crippen LogP contribution in [0.2, 0.25) is 0 Å². The summed E-state index contributed by atoms with van der Waals surface area (Å²) < 4.78 is 64.1. The largest absolute Gasteiger partial charge is 0.416 e. The van der Waals surface area contributed by atoms with E-state index < -0.39 is 32.2 Å². The molecule has 10 heteroatoms. The predicted octanol–water partition coefficient (Wildman–Crippen LogP) is 2.91. The molecule has 0 bridgehead atoms. The van der Waals surface area contributed by atoms with Crippen molar-refractivity contribution in [2.45, 2.75) is 30.5 Å². The van der Waals surface area contributed by atoms with Gasteiger partial charge in [-0.25, -0.2) is 13.1 Å². The molecule has 0 fully saturated rings. The van der Waals surface area contributed by atoms with Crippen molar-refractivity contribution in [2.24, 2.45) is 5.73 Å². The zero-order valence-electron chi connectivity index (χ0n) is 11.2. The van der Waals surface area contributed by atoms with Crippen molar-refractivity contribution in [3.8, 4) is 0 Å². The van der Waals surface area contributed by atoms with Gasteiger partial charge in [-0.15, -0.1) is 12.4 Å². The van der Waals surface area contributed by atoms with E-state index >= 15 is 0 Å². The lowest BCUT2D eigenvalue weighted by molar-refractivity contribution is -0.137. The number of hydrogen-bond acceptors (Lipinski definition) is 3. The highest BCUT2D eigenvalue weighted by Gasteiger charge is 2.32. The minimum absolute atomic E-state index is 0. The molecule has 0 radical (unpaired) electrons. The Hall–Kier alpha value is -0.350. The molecule has 0 heterocycles. The fourth-order valence-corrected chi connectivity index (χ4v) is 3.45. The number of hydrogen-bond donors (Lipinski definition) is 2. The zero-order chi connectivity index (χ0) is 15.8. The van der Waals surface area contributed by atoms with E-state index in [-0.39, 0.29) is 23.4 Å². The molecular weight excluding hydrogens is 397 g/mol. The Balaban J connectivity index is 0.00000400. The van der Waals surface area contributed by atoms with Crippen LogP contribution in [0.4, 0.5) is 13.2 Å². The average Bonchev–Trinajstić information content (AvgIpc) is 2.24. The molecule has 0 aliphatic carbocycles. The fourth-order valence-electron chi connectivity index (χ4n) is 1.24. The van der Waals surface area contributed by atoms with Crippen LogP contribution in [0.15, 0.2) is 27.6 Å².